The number of nitrogens with two attached hydrogens (primary N) is 1. The van der Waals surface area contributed by atoms with E-state index in [-0.39, 0.29) is 0 Å². The van der Waals surface area contributed by atoms with Gasteiger partial charge in [0.15, 0.2) is 0 Å². The molecule has 0 heterocycles. The SMILES string of the molecule is CCOC(=O)C(N)Cc1ccc(Cl)cc1Cl. The van der Waals surface area contributed by atoms with Crippen molar-refractivity contribution < 1.29 is 9.53 Å². The van der Waals surface area contributed by atoms with Crippen LogP contribution in [0.15, 0.2) is 18.2 Å². The number of halogens is 2. The largest absolute Gasteiger partial charge is 0.465 e. The molecule has 1 rings (SSSR count). The molecule has 0 fully saturated rings. The van der Waals surface area contributed by atoms with Gasteiger partial charge in [-0.2, -0.15) is 0 Å². The Morgan fingerprint density at radius 1 is 1.50 bits per heavy atom. The molecule has 0 aromatic heterocycles. The van der Waals surface area contributed by atoms with Crippen molar-refractivity contribution in [3.8, 4) is 0 Å². The highest BCUT2D eigenvalue weighted by atomic mass is 35.5. The number of carbonyl (C=O) groups is 1. The van der Waals surface area contributed by atoms with Crippen LogP contribution >= 0.6 is 23.2 Å². The maximum absolute atomic E-state index is 11.3. The van der Waals surface area contributed by atoms with Gasteiger partial charge in [0.25, 0.3) is 0 Å². The van der Waals surface area contributed by atoms with E-state index in [2.05, 4.69) is 0 Å². The first kappa shape index (κ1) is 13.3. The molecule has 0 radical (unpaired) electrons. The highest BCUT2D eigenvalue weighted by Gasteiger charge is 2.16. The lowest BCUT2D eigenvalue weighted by atomic mass is 10.1. The number of rotatable bonds is 4. The molecule has 1 atom stereocenters. The molecule has 2 N–H and O–H groups in total. The summed E-state index contributed by atoms with van der Waals surface area (Å²) in [5.41, 5.74) is 6.46. The van der Waals surface area contributed by atoms with Gasteiger partial charge in [-0.15, -0.1) is 0 Å². The minimum atomic E-state index is -0.696. The third-order valence-electron chi connectivity index (χ3n) is 2.04. The van der Waals surface area contributed by atoms with Crippen LogP contribution in [0.3, 0.4) is 0 Å². The summed E-state index contributed by atoms with van der Waals surface area (Å²) >= 11 is 11.7. The molecular formula is C11H13Cl2NO2. The number of ether oxygens (including phenoxy) is 1. The standard InChI is InChI=1S/C11H13Cl2NO2/c1-2-16-11(15)10(14)5-7-3-4-8(12)6-9(7)13/h3-4,6,10H,2,5,14H2,1H3. The molecule has 0 amide bonds. The van der Waals surface area contributed by atoms with Gasteiger partial charge in [-0.25, -0.2) is 0 Å². The maximum atomic E-state index is 11.3. The lowest BCUT2D eigenvalue weighted by molar-refractivity contribution is -0.144. The lowest BCUT2D eigenvalue weighted by Gasteiger charge is -2.11. The van der Waals surface area contributed by atoms with Crippen LogP contribution < -0.4 is 5.73 Å². The van der Waals surface area contributed by atoms with Crippen LogP contribution in [0.4, 0.5) is 0 Å². The molecule has 0 bridgehead atoms. The first-order valence-corrected chi connectivity index (χ1v) is 5.66. The summed E-state index contributed by atoms with van der Waals surface area (Å²) in [5, 5.41) is 1.06. The number of carbonyl (C=O) groups excluding carboxylic acids is 1. The van der Waals surface area contributed by atoms with Crippen molar-refractivity contribution in [1.29, 1.82) is 0 Å². The quantitative estimate of drug-likeness (QED) is 0.848. The second kappa shape index (κ2) is 6.09. The second-order valence-corrected chi connectivity index (χ2v) is 4.14. The minimum absolute atomic E-state index is 0.320. The van der Waals surface area contributed by atoms with Crippen molar-refractivity contribution in [3.63, 3.8) is 0 Å². The van der Waals surface area contributed by atoms with Gasteiger partial charge in [-0.05, 0) is 31.0 Å². The fraction of sp³-hybridized carbons (Fsp3) is 0.364. The van der Waals surface area contributed by atoms with Crippen LogP contribution in [0.25, 0.3) is 0 Å². The summed E-state index contributed by atoms with van der Waals surface area (Å²) in [6.45, 7) is 2.06. The van der Waals surface area contributed by atoms with Crippen LogP contribution in [0, 0.1) is 0 Å². The smallest absolute Gasteiger partial charge is 0.323 e. The molecule has 1 unspecified atom stereocenters. The Hall–Kier alpha value is -0.770. The van der Waals surface area contributed by atoms with Gasteiger partial charge in [0, 0.05) is 10.0 Å². The van der Waals surface area contributed by atoms with Crippen molar-refractivity contribution in [3.05, 3.63) is 33.8 Å². The molecule has 0 aliphatic rings. The minimum Gasteiger partial charge on any atom is -0.465 e. The molecule has 16 heavy (non-hydrogen) atoms. The average Bonchev–Trinajstić information content (AvgIpc) is 2.22. The van der Waals surface area contributed by atoms with Gasteiger partial charge in [-0.1, -0.05) is 29.3 Å². The van der Waals surface area contributed by atoms with Crippen molar-refractivity contribution in [2.45, 2.75) is 19.4 Å². The van der Waals surface area contributed by atoms with E-state index in [1.165, 1.54) is 0 Å². The zero-order valence-corrected chi connectivity index (χ0v) is 10.4. The fourth-order valence-corrected chi connectivity index (χ4v) is 1.74. The molecule has 88 valence electrons. The van der Waals surface area contributed by atoms with E-state index in [0.717, 1.165) is 5.56 Å². The summed E-state index contributed by atoms with van der Waals surface area (Å²) in [6, 6.07) is 4.39. The normalized spacial score (nSPS) is 12.2. The van der Waals surface area contributed by atoms with Crippen molar-refractivity contribution in [2.75, 3.05) is 6.61 Å². The van der Waals surface area contributed by atoms with Gasteiger partial charge < -0.3 is 10.5 Å². The molecule has 1 aromatic rings. The Bertz CT molecular complexity index is 382. The Morgan fingerprint density at radius 2 is 2.19 bits per heavy atom. The first-order valence-electron chi connectivity index (χ1n) is 4.90. The monoisotopic (exact) mass is 261 g/mol. The van der Waals surface area contributed by atoms with E-state index in [9.17, 15) is 4.79 Å². The number of esters is 1. The molecule has 0 saturated heterocycles. The molecule has 0 saturated carbocycles. The summed E-state index contributed by atoms with van der Waals surface area (Å²) in [4.78, 5) is 11.3. The zero-order chi connectivity index (χ0) is 12.1. The molecule has 1 aromatic carbocycles. The number of hydrogen-bond donors (Lipinski definition) is 1. The van der Waals surface area contributed by atoms with Crippen molar-refractivity contribution in [1.82, 2.24) is 0 Å². The van der Waals surface area contributed by atoms with Gasteiger partial charge in [0.05, 0.1) is 6.61 Å². The third kappa shape index (κ3) is 3.67. The van der Waals surface area contributed by atoms with Gasteiger partial charge in [0.2, 0.25) is 0 Å². The Morgan fingerprint density at radius 3 is 2.75 bits per heavy atom. The van der Waals surface area contributed by atoms with Crippen LogP contribution in [-0.4, -0.2) is 18.6 Å². The van der Waals surface area contributed by atoms with E-state index in [1.807, 2.05) is 0 Å². The van der Waals surface area contributed by atoms with E-state index < -0.39 is 12.0 Å². The van der Waals surface area contributed by atoms with Crippen LogP contribution in [0.5, 0.6) is 0 Å². The lowest BCUT2D eigenvalue weighted by Crippen LogP contribution is -2.34. The Labute approximate surface area is 104 Å². The van der Waals surface area contributed by atoms with E-state index in [4.69, 9.17) is 33.7 Å². The first-order chi connectivity index (χ1) is 7.54. The third-order valence-corrected chi connectivity index (χ3v) is 2.63. The average molecular weight is 262 g/mol. The van der Waals surface area contributed by atoms with Gasteiger partial charge in [0.1, 0.15) is 6.04 Å². The molecule has 0 aliphatic carbocycles. The van der Waals surface area contributed by atoms with E-state index in [1.54, 1.807) is 25.1 Å². The van der Waals surface area contributed by atoms with Crippen LogP contribution in [0.2, 0.25) is 10.0 Å². The Kier molecular flexibility index (Phi) is 5.06. The molecule has 0 spiro atoms. The summed E-state index contributed by atoms with van der Waals surface area (Å²) in [6.07, 6.45) is 0.342. The highest BCUT2D eigenvalue weighted by Crippen LogP contribution is 2.21. The van der Waals surface area contributed by atoms with Crippen molar-refractivity contribution >= 4 is 29.2 Å². The summed E-state index contributed by atoms with van der Waals surface area (Å²) in [7, 11) is 0. The molecular weight excluding hydrogens is 249 g/mol. The molecule has 5 heteroatoms. The number of hydrogen-bond acceptors (Lipinski definition) is 3. The number of benzene rings is 1. The van der Waals surface area contributed by atoms with Crippen molar-refractivity contribution in [2.24, 2.45) is 5.73 Å². The maximum Gasteiger partial charge on any atom is 0.323 e. The topological polar surface area (TPSA) is 52.3 Å². The second-order valence-electron chi connectivity index (χ2n) is 3.30. The predicted octanol–water partition coefficient (Wildman–Crippen LogP) is 2.43. The predicted molar refractivity (Wildman–Crippen MR) is 64.8 cm³/mol. The van der Waals surface area contributed by atoms with Crippen LogP contribution in [0.1, 0.15) is 12.5 Å². The zero-order valence-electron chi connectivity index (χ0n) is 8.87. The molecule has 0 aliphatic heterocycles. The van der Waals surface area contributed by atoms with Crippen LogP contribution in [-0.2, 0) is 16.0 Å². The summed E-state index contributed by atoms with van der Waals surface area (Å²) in [5.74, 6) is -0.423. The highest BCUT2D eigenvalue weighted by molar-refractivity contribution is 6.35. The molecule has 3 nitrogen and oxygen atoms in total. The van der Waals surface area contributed by atoms with Gasteiger partial charge >= 0.3 is 5.97 Å². The van der Waals surface area contributed by atoms with E-state index >= 15 is 0 Å². The van der Waals surface area contributed by atoms with Gasteiger partial charge in [-0.3, -0.25) is 4.79 Å². The Balaban J connectivity index is 2.69. The van der Waals surface area contributed by atoms with E-state index in [0.29, 0.717) is 23.1 Å². The summed E-state index contributed by atoms with van der Waals surface area (Å²) < 4.78 is 4.81. The fourth-order valence-electron chi connectivity index (χ4n) is 1.26.